The quantitative estimate of drug-likeness (QED) is 0.0268. The third-order valence-corrected chi connectivity index (χ3v) is 18.0. The molecule has 0 spiro atoms. The van der Waals surface area contributed by atoms with E-state index >= 15 is 0 Å². The smallest absolute Gasteiger partial charge is 0.245 e. The summed E-state index contributed by atoms with van der Waals surface area (Å²) < 4.78 is 20.1. The number of nitrogens with two attached hydrogens (primary N) is 2. The minimum absolute atomic E-state index is 0.0132. The Kier molecular flexibility index (Phi) is 39.9. The Balaban J connectivity index is 0.955. The maximum atomic E-state index is 13.4. The van der Waals surface area contributed by atoms with Gasteiger partial charge in [0, 0.05) is 97.2 Å². The van der Waals surface area contributed by atoms with E-state index in [-0.39, 0.29) is 54.2 Å². The number of terminal acetylenes is 1. The number of carbonyl (C=O) groups excluding carboxylic acids is 4. The Bertz CT molecular complexity index is 2380. The van der Waals surface area contributed by atoms with Crippen LogP contribution in [0.15, 0.2) is 12.4 Å². The van der Waals surface area contributed by atoms with E-state index in [2.05, 4.69) is 80.0 Å². The van der Waals surface area contributed by atoms with Crippen molar-refractivity contribution in [2.45, 2.75) is 220 Å². The molecule has 93 heavy (non-hydrogen) atoms. The molecule has 4 amide bonds. The van der Waals surface area contributed by atoms with E-state index in [9.17, 15) is 19.2 Å². The van der Waals surface area contributed by atoms with Gasteiger partial charge in [-0.25, -0.2) is 9.36 Å². The predicted molar refractivity (Wildman–Crippen MR) is 367 cm³/mol. The summed E-state index contributed by atoms with van der Waals surface area (Å²) in [4.78, 5) is 76.4. The fraction of sp³-hybridized carbons (Fsp3) is 0.809. The minimum atomic E-state index is -0.364. The summed E-state index contributed by atoms with van der Waals surface area (Å²) in [5.74, 6) is 4.73. The number of hydrogen-bond acceptors (Lipinski definition) is 19. The lowest BCUT2D eigenvalue weighted by atomic mass is 9.98. The van der Waals surface area contributed by atoms with E-state index in [0.717, 1.165) is 178 Å². The Morgan fingerprint density at radius 1 is 0.505 bits per heavy atom. The van der Waals surface area contributed by atoms with Gasteiger partial charge < -0.3 is 61.2 Å². The van der Waals surface area contributed by atoms with Gasteiger partial charge in [0.05, 0.1) is 44.4 Å². The normalized spacial score (nSPS) is 14.8. The third-order valence-electron chi connectivity index (χ3n) is 18.0. The average molecular weight is 1300 g/mol. The first-order chi connectivity index (χ1) is 45.5. The standard InChI is InChI=1S/C68H120N18O7/c1-6-48-91-50-52-93-53-51-92-49-39-73-66-74-67(83-44-40-81(41-45-83)60(87)33-25-17-13-9-11-15-19-29-37-71-64(89)62(56(4)7-2)85-54-58(77-79-85)31-23-21-27-35-69)76-68(75-66)84-46-42-82(43-47-84)61(88)34-26-18-14-10-12-16-20-30-38-72-65(90)63(57(5)8-3)86-55-59(78-80-86)32-24-22-28-36-70/h1,54-57,62-63H,7-53,69-70H2,2-5H3,(H,71,89)(H,72,90)(H,73,74,75,76)/t56-,57+,62-,63+. The summed E-state index contributed by atoms with van der Waals surface area (Å²) in [6.45, 7) is 18.9. The fourth-order valence-electron chi connectivity index (χ4n) is 11.8. The Hall–Kier alpha value is -6.07. The number of ether oxygens (including phenoxy) is 3. The first-order valence-electron chi connectivity index (χ1n) is 36.0. The van der Waals surface area contributed by atoms with Gasteiger partial charge in [-0.3, -0.25) is 19.2 Å². The Labute approximate surface area is 556 Å². The number of hydrogen-bond donors (Lipinski definition) is 5. The molecule has 2 saturated heterocycles. The lowest BCUT2D eigenvalue weighted by Crippen LogP contribution is -2.50. The molecule has 524 valence electrons. The van der Waals surface area contributed by atoms with Crippen molar-refractivity contribution >= 4 is 41.5 Å². The number of nitrogens with one attached hydrogen (secondary N) is 3. The summed E-state index contributed by atoms with van der Waals surface area (Å²) >= 11 is 0. The molecule has 2 aliphatic heterocycles. The number of anilines is 3. The van der Waals surface area contributed by atoms with Gasteiger partial charge in [0.25, 0.3) is 0 Å². The highest BCUT2D eigenvalue weighted by molar-refractivity contribution is 5.81. The highest BCUT2D eigenvalue weighted by Crippen LogP contribution is 2.25. The Morgan fingerprint density at radius 3 is 1.30 bits per heavy atom. The molecule has 0 unspecified atom stereocenters. The summed E-state index contributed by atoms with van der Waals surface area (Å²) in [5.41, 5.74) is 13.1. The van der Waals surface area contributed by atoms with E-state index in [1.165, 1.54) is 0 Å². The van der Waals surface area contributed by atoms with Crippen LogP contribution in [-0.2, 0) is 46.2 Å². The molecular formula is C68H120N18O7. The summed E-state index contributed by atoms with van der Waals surface area (Å²) in [7, 11) is 0. The van der Waals surface area contributed by atoms with E-state index in [0.29, 0.717) is 149 Å². The first-order valence-corrected chi connectivity index (χ1v) is 36.0. The molecule has 0 aromatic carbocycles. The molecule has 7 N–H and O–H groups in total. The van der Waals surface area contributed by atoms with Crippen LogP contribution in [0, 0.1) is 24.2 Å². The van der Waals surface area contributed by atoms with Crippen LogP contribution in [0.5, 0.6) is 0 Å². The molecule has 25 heteroatoms. The number of aryl methyl sites for hydroxylation is 2. The van der Waals surface area contributed by atoms with E-state index in [1.807, 2.05) is 22.2 Å². The zero-order chi connectivity index (χ0) is 66.5. The van der Waals surface area contributed by atoms with Gasteiger partial charge in [-0.05, 0) is 89.1 Å². The minimum Gasteiger partial charge on any atom is -0.377 e. The average Bonchev–Trinajstić information content (AvgIpc) is 1.19. The van der Waals surface area contributed by atoms with Crippen LogP contribution < -0.4 is 37.2 Å². The second kappa shape index (κ2) is 47.8. The summed E-state index contributed by atoms with van der Waals surface area (Å²) in [6.07, 6.45) is 36.7. The summed E-state index contributed by atoms with van der Waals surface area (Å²) in [6, 6.07) is -0.727. The molecule has 2 aliphatic rings. The molecule has 0 bridgehead atoms. The lowest BCUT2D eigenvalue weighted by molar-refractivity contribution is -0.132. The molecule has 25 nitrogen and oxygen atoms in total. The topological polar surface area (TPSA) is 297 Å². The third kappa shape index (κ3) is 30.5. The zero-order valence-electron chi connectivity index (χ0n) is 57.6. The van der Waals surface area contributed by atoms with Gasteiger partial charge in [0.1, 0.15) is 18.7 Å². The molecular weight excluding hydrogens is 1180 g/mol. The fourth-order valence-corrected chi connectivity index (χ4v) is 11.8. The van der Waals surface area contributed by atoms with Crippen LogP contribution >= 0.6 is 0 Å². The van der Waals surface area contributed by atoms with Crippen molar-refractivity contribution in [2.75, 3.05) is 140 Å². The molecule has 5 rings (SSSR count). The van der Waals surface area contributed by atoms with Crippen LogP contribution in [0.1, 0.15) is 218 Å². The van der Waals surface area contributed by atoms with Gasteiger partial charge in [-0.1, -0.05) is 147 Å². The van der Waals surface area contributed by atoms with Crippen molar-refractivity contribution in [3.05, 3.63) is 23.8 Å². The number of aromatic nitrogens is 9. The van der Waals surface area contributed by atoms with Gasteiger partial charge in [0.15, 0.2) is 0 Å². The number of nitrogens with zero attached hydrogens (tertiary/aromatic N) is 13. The Morgan fingerprint density at radius 2 is 0.892 bits per heavy atom. The number of unbranched alkanes of at least 4 members (excludes halogenated alkanes) is 18. The second-order valence-electron chi connectivity index (χ2n) is 25.4. The molecule has 5 heterocycles. The maximum absolute atomic E-state index is 13.4. The predicted octanol–water partition coefficient (Wildman–Crippen LogP) is 7.62. The summed E-state index contributed by atoms with van der Waals surface area (Å²) in [5, 5.41) is 27.1. The van der Waals surface area contributed by atoms with Crippen LogP contribution in [-0.4, -0.2) is 203 Å². The molecule has 2 fully saturated rings. The van der Waals surface area contributed by atoms with Gasteiger partial charge >= 0.3 is 0 Å². The van der Waals surface area contributed by atoms with Gasteiger partial charge in [0.2, 0.25) is 41.5 Å². The van der Waals surface area contributed by atoms with E-state index in [4.69, 9.17) is 47.1 Å². The first kappa shape index (κ1) is 77.6. The van der Waals surface area contributed by atoms with Gasteiger partial charge in [-0.15, -0.1) is 16.6 Å². The monoisotopic (exact) mass is 1300 g/mol. The van der Waals surface area contributed by atoms with Crippen LogP contribution in [0.3, 0.4) is 0 Å². The highest BCUT2D eigenvalue weighted by atomic mass is 16.5. The number of rotatable bonds is 53. The van der Waals surface area contributed by atoms with Crippen LogP contribution in [0.4, 0.5) is 17.8 Å². The molecule has 4 atom stereocenters. The van der Waals surface area contributed by atoms with Crippen LogP contribution in [0.25, 0.3) is 0 Å². The van der Waals surface area contributed by atoms with E-state index in [1.54, 1.807) is 9.36 Å². The van der Waals surface area contributed by atoms with Crippen molar-refractivity contribution in [3.8, 4) is 12.3 Å². The molecule has 3 aromatic rings. The van der Waals surface area contributed by atoms with Crippen LogP contribution in [0.2, 0.25) is 0 Å². The number of carbonyl (C=O) groups is 4. The second-order valence-corrected chi connectivity index (χ2v) is 25.4. The van der Waals surface area contributed by atoms with Crippen molar-refractivity contribution in [1.82, 2.24) is 65.4 Å². The van der Waals surface area contributed by atoms with Gasteiger partial charge in [-0.2, -0.15) is 15.0 Å². The SMILES string of the molecule is C#CCOCCOCCOCCNc1nc(N2CCN(C(=O)CCCCCCCCCCNC(=O)[C@H]([C@@H](C)CC)n3cc(CCCCCN)nn3)CC2)nc(N2CCN(C(=O)CCCCCCCCCCNC(=O)[C@@H]([C@H](C)CC)n3cc(CCCCCN)nn3)CC2)n1. The molecule has 0 aliphatic carbocycles. The molecule has 0 radical (unpaired) electrons. The van der Waals surface area contributed by atoms with Crippen molar-refractivity contribution in [1.29, 1.82) is 0 Å². The lowest BCUT2D eigenvalue weighted by Gasteiger charge is -2.36. The maximum Gasteiger partial charge on any atom is 0.245 e. The van der Waals surface area contributed by atoms with Crippen molar-refractivity contribution in [3.63, 3.8) is 0 Å². The number of amides is 4. The van der Waals surface area contributed by atoms with Crippen molar-refractivity contribution < 1.29 is 33.4 Å². The zero-order valence-corrected chi connectivity index (χ0v) is 57.6. The highest BCUT2D eigenvalue weighted by Gasteiger charge is 2.30. The molecule has 3 aromatic heterocycles. The largest absolute Gasteiger partial charge is 0.377 e. The van der Waals surface area contributed by atoms with Crippen molar-refractivity contribution in [2.24, 2.45) is 23.3 Å². The number of piperazine rings is 2. The molecule has 0 saturated carbocycles. The van der Waals surface area contributed by atoms with E-state index < -0.39 is 0 Å².